The zero-order valence-electron chi connectivity index (χ0n) is 9.64. The van der Waals surface area contributed by atoms with E-state index in [0.29, 0.717) is 5.69 Å². The maximum atomic E-state index is 11.9. The number of benzene rings is 1. The van der Waals surface area contributed by atoms with Gasteiger partial charge < -0.3 is 10.4 Å². The van der Waals surface area contributed by atoms with Gasteiger partial charge in [-0.2, -0.15) is 0 Å². The van der Waals surface area contributed by atoms with Crippen LogP contribution in [0.15, 0.2) is 41.6 Å². The first-order chi connectivity index (χ1) is 7.42. The third-order valence-corrected chi connectivity index (χ3v) is 4.19. The molecule has 0 saturated heterocycles. The molecule has 88 valence electrons. The van der Waals surface area contributed by atoms with Gasteiger partial charge in [0.15, 0.2) is 10.1 Å². The monoisotopic (exact) mass is 240 g/mol. The summed E-state index contributed by atoms with van der Waals surface area (Å²) in [7, 11) is 0.979. The number of rotatable bonds is 4. The minimum atomic E-state index is -2.37. The Morgan fingerprint density at radius 2 is 1.94 bits per heavy atom. The molecule has 1 atom stereocenters. The molecule has 1 aromatic rings. The zero-order valence-corrected chi connectivity index (χ0v) is 10.5. The lowest BCUT2D eigenvalue weighted by Crippen LogP contribution is -2.28. The normalized spacial score (nSPS) is 15.9. The number of hydrogen-bond donors (Lipinski definition) is 1. The Hall–Kier alpha value is -1.33. The van der Waals surface area contributed by atoms with Crippen LogP contribution in [0.5, 0.6) is 0 Å². The van der Waals surface area contributed by atoms with Crippen LogP contribution in [0.3, 0.4) is 0 Å². The second-order valence-corrected chi connectivity index (χ2v) is 6.33. The second kappa shape index (κ2) is 5.14. The van der Waals surface area contributed by atoms with E-state index in [4.69, 9.17) is 0 Å². The van der Waals surface area contributed by atoms with E-state index in [0.717, 1.165) is 0 Å². The van der Waals surface area contributed by atoms with Gasteiger partial charge in [-0.1, -0.05) is 22.4 Å². The van der Waals surface area contributed by atoms with E-state index >= 15 is 0 Å². The highest BCUT2D eigenvalue weighted by Gasteiger charge is 2.20. The number of hydrogen-bond acceptors (Lipinski definition) is 3. The predicted molar refractivity (Wildman–Crippen MR) is 65.8 cm³/mol. The summed E-state index contributed by atoms with van der Waals surface area (Å²) in [4.78, 5) is 0. The summed E-state index contributed by atoms with van der Waals surface area (Å²) in [5.41, 5.74) is 0.692. The molecule has 0 saturated carbocycles. The molecular weight excluding hydrogens is 224 g/mol. The van der Waals surface area contributed by atoms with Crippen molar-refractivity contribution in [3.05, 3.63) is 41.6 Å². The summed E-state index contributed by atoms with van der Waals surface area (Å²) in [6.45, 7) is 0. The average molecular weight is 240 g/mol. The highest BCUT2D eigenvalue weighted by molar-refractivity contribution is 8.02. The summed E-state index contributed by atoms with van der Waals surface area (Å²) in [6.07, 6.45) is 1.53. The summed E-state index contributed by atoms with van der Waals surface area (Å²) in [5.74, 6) is -0.354. The van der Waals surface area contributed by atoms with Gasteiger partial charge >= 0.3 is 0 Å². The Kier molecular flexibility index (Phi) is 4.09. The largest absolute Gasteiger partial charge is 0.857 e. The summed E-state index contributed by atoms with van der Waals surface area (Å²) in [6, 6.07) is 9.07. The first-order valence-corrected chi connectivity index (χ1v) is 6.78. The van der Waals surface area contributed by atoms with Crippen LogP contribution in [0, 0.1) is 0 Å². The smallest absolute Gasteiger partial charge is 0.181 e. The van der Waals surface area contributed by atoms with Crippen LogP contribution in [0.2, 0.25) is 0 Å². The fraction of sp³-hybridized carbons (Fsp3) is 0.273. The van der Waals surface area contributed by atoms with Crippen molar-refractivity contribution in [1.29, 1.82) is 0 Å². The molecule has 1 aromatic carbocycles. The van der Waals surface area contributed by atoms with Gasteiger partial charge in [-0.05, 0) is 12.1 Å². The lowest BCUT2D eigenvalue weighted by Gasteiger charge is -2.16. The molecule has 0 aromatic heterocycles. The fourth-order valence-electron chi connectivity index (χ4n) is 0.997. The lowest BCUT2D eigenvalue weighted by atomic mass is 10.3. The standard InChI is InChI=1S/C11H16N2O2S/c1-13(2)16(3,15)9-11(14)12-10-7-5-4-6-8-10/h4-9H,1-3H3,(H-,12,14,15). The molecule has 0 bridgehead atoms. The van der Waals surface area contributed by atoms with Crippen molar-refractivity contribution >= 4 is 15.8 Å². The van der Waals surface area contributed by atoms with E-state index in [1.165, 1.54) is 16.0 Å². The van der Waals surface area contributed by atoms with E-state index in [-0.39, 0.29) is 5.88 Å². The molecule has 1 N–H and O–H groups in total. The van der Waals surface area contributed by atoms with Crippen LogP contribution in [-0.2, 0) is 14.3 Å². The Bertz CT molecular complexity index is 415. The third kappa shape index (κ3) is 3.67. The molecular formula is C11H16N2O2S. The molecule has 0 radical (unpaired) electrons. The van der Waals surface area contributed by atoms with E-state index in [9.17, 15) is 9.32 Å². The van der Waals surface area contributed by atoms with E-state index in [1.807, 2.05) is 18.2 Å². The van der Waals surface area contributed by atoms with Crippen molar-refractivity contribution < 1.29 is 9.32 Å². The van der Waals surface area contributed by atoms with Crippen molar-refractivity contribution in [3.63, 3.8) is 0 Å². The first kappa shape index (κ1) is 12.7. The van der Waals surface area contributed by atoms with Gasteiger partial charge in [-0.3, -0.25) is 0 Å². The van der Waals surface area contributed by atoms with E-state index in [1.54, 1.807) is 26.2 Å². The average Bonchev–Trinajstić information content (AvgIpc) is 2.17. The molecule has 0 aliphatic rings. The third-order valence-electron chi connectivity index (χ3n) is 2.09. The Morgan fingerprint density at radius 1 is 1.38 bits per heavy atom. The molecule has 1 rings (SSSR count). The topological polar surface area (TPSA) is 55.4 Å². The van der Waals surface area contributed by atoms with Crippen LogP contribution in [-0.4, -0.2) is 24.7 Å². The maximum absolute atomic E-state index is 11.9. The highest BCUT2D eigenvalue weighted by Crippen LogP contribution is 2.10. The van der Waals surface area contributed by atoms with Crippen molar-refractivity contribution in [2.45, 2.75) is 0 Å². The summed E-state index contributed by atoms with van der Waals surface area (Å²) >= 11 is 0. The molecule has 0 spiro atoms. The molecule has 0 aliphatic heterocycles. The SMILES string of the molecule is CN(C)[S+](C)(=O)/C=C(\[O-])Nc1ccccc1. The van der Waals surface area contributed by atoms with Gasteiger partial charge in [0.25, 0.3) is 0 Å². The quantitative estimate of drug-likeness (QED) is 0.627. The van der Waals surface area contributed by atoms with Crippen molar-refractivity contribution in [1.82, 2.24) is 4.31 Å². The molecule has 0 amide bonds. The number of anilines is 1. The Morgan fingerprint density at radius 3 is 2.44 bits per heavy atom. The van der Waals surface area contributed by atoms with Gasteiger partial charge in [0.05, 0.1) is 0 Å². The van der Waals surface area contributed by atoms with Crippen LogP contribution in [0.1, 0.15) is 0 Å². The molecule has 0 heterocycles. The first-order valence-electron chi connectivity index (χ1n) is 4.79. The Labute approximate surface area is 97.1 Å². The molecule has 4 nitrogen and oxygen atoms in total. The summed E-state index contributed by atoms with van der Waals surface area (Å²) in [5, 5.41) is 15.4. The van der Waals surface area contributed by atoms with E-state index in [2.05, 4.69) is 5.32 Å². The highest BCUT2D eigenvalue weighted by atomic mass is 32.3. The minimum absolute atomic E-state index is 0.354. The second-order valence-electron chi connectivity index (χ2n) is 3.65. The maximum Gasteiger partial charge on any atom is 0.181 e. The van der Waals surface area contributed by atoms with Crippen LogP contribution < -0.4 is 10.4 Å². The van der Waals surface area contributed by atoms with Gasteiger partial charge in [-0.25, -0.2) is 0 Å². The minimum Gasteiger partial charge on any atom is -0.857 e. The van der Waals surface area contributed by atoms with Gasteiger partial charge in [0.1, 0.15) is 11.7 Å². The zero-order chi connectivity index (χ0) is 12.2. The van der Waals surface area contributed by atoms with Crippen molar-refractivity contribution in [3.8, 4) is 0 Å². The predicted octanol–water partition coefficient (Wildman–Crippen LogP) is 0.864. The van der Waals surface area contributed by atoms with Gasteiger partial charge in [0.2, 0.25) is 0 Å². The Balaban J connectivity index is 2.77. The summed E-state index contributed by atoms with van der Waals surface area (Å²) < 4.78 is 13.4. The van der Waals surface area contributed by atoms with Crippen LogP contribution in [0.25, 0.3) is 0 Å². The van der Waals surface area contributed by atoms with Gasteiger partial charge in [-0.15, -0.1) is 4.31 Å². The lowest BCUT2D eigenvalue weighted by molar-refractivity contribution is -0.299. The number of nitrogens with one attached hydrogen (secondary N) is 1. The molecule has 0 aliphatic carbocycles. The van der Waals surface area contributed by atoms with Crippen molar-refractivity contribution in [2.75, 3.05) is 25.7 Å². The van der Waals surface area contributed by atoms with Crippen LogP contribution in [0.4, 0.5) is 5.69 Å². The fourth-order valence-corrected chi connectivity index (χ4v) is 1.66. The van der Waals surface area contributed by atoms with Crippen molar-refractivity contribution in [2.24, 2.45) is 0 Å². The molecule has 5 heteroatoms. The van der Waals surface area contributed by atoms with Gasteiger partial charge in [0, 0.05) is 25.7 Å². The molecule has 0 fully saturated rings. The molecule has 16 heavy (non-hydrogen) atoms. The van der Waals surface area contributed by atoms with Crippen LogP contribution >= 0.6 is 0 Å². The van der Waals surface area contributed by atoms with E-state index < -0.39 is 10.1 Å². The molecule has 1 unspecified atom stereocenters. The number of nitrogens with zero attached hydrogens (tertiary/aromatic N) is 1. The number of para-hydroxylation sites is 1.